The first-order valence-electron chi connectivity index (χ1n) is 18.8. The highest BCUT2D eigenvalue weighted by Crippen LogP contribution is 2.47. The molecule has 0 amide bonds. The molecule has 0 unspecified atom stereocenters. The van der Waals surface area contributed by atoms with Crippen molar-refractivity contribution in [2.24, 2.45) is 0 Å². The van der Waals surface area contributed by atoms with Crippen molar-refractivity contribution in [3.8, 4) is 33.4 Å². The topological polar surface area (TPSA) is 0 Å². The zero-order valence-corrected chi connectivity index (χ0v) is 31.0. The second-order valence-electron chi connectivity index (χ2n) is 14.7. The maximum Gasteiger partial charge on any atom is 0.0361 e. The molecule has 0 aliphatic heterocycles. The molecule has 54 heavy (non-hydrogen) atoms. The Labute approximate surface area is 320 Å². The first-order chi connectivity index (χ1) is 26.8. The van der Waals surface area contributed by atoms with Gasteiger partial charge in [0.05, 0.1) is 0 Å². The Morgan fingerprint density at radius 3 is 1.69 bits per heavy atom. The second-order valence-corrected chi connectivity index (χ2v) is 16.8. The Hall–Kier alpha value is -6.06. The van der Waals surface area contributed by atoms with Crippen molar-refractivity contribution in [2.75, 3.05) is 0 Å². The monoisotopic (exact) mass is 720 g/mol. The van der Waals surface area contributed by atoms with Gasteiger partial charge >= 0.3 is 0 Å². The molecule has 252 valence electrons. The van der Waals surface area contributed by atoms with Crippen LogP contribution in [0.5, 0.6) is 0 Å². The van der Waals surface area contributed by atoms with Crippen molar-refractivity contribution in [1.29, 1.82) is 0 Å². The van der Waals surface area contributed by atoms with Crippen LogP contribution in [-0.4, -0.2) is 0 Å². The number of thiophene rings is 2. The molecule has 0 nitrogen and oxygen atoms in total. The molecule has 0 bridgehead atoms. The summed E-state index contributed by atoms with van der Waals surface area (Å²) in [7, 11) is 0. The van der Waals surface area contributed by atoms with E-state index in [9.17, 15) is 0 Å². The first-order valence-corrected chi connectivity index (χ1v) is 20.4. The van der Waals surface area contributed by atoms with E-state index in [2.05, 4.69) is 170 Å². The van der Waals surface area contributed by atoms with Crippen molar-refractivity contribution in [3.63, 3.8) is 0 Å². The van der Waals surface area contributed by atoms with Crippen LogP contribution < -0.4 is 0 Å². The largest absolute Gasteiger partial charge is 0.136 e. The molecule has 9 aromatic carbocycles. The molecule has 12 rings (SSSR count). The van der Waals surface area contributed by atoms with Crippen molar-refractivity contribution >= 4 is 102 Å². The van der Waals surface area contributed by atoms with Gasteiger partial charge in [0.1, 0.15) is 0 Å². The van der Waals surface area contributed by atoms with Gasteiger partial charge in [-0.05, 0) is 125 Å². The van der Waals surface area contributed by atoms with Gasteiger partial charge < -0.3 is 0 Å². The number of fused-ring (bicyclic) bond motifs is 12. The Balaban J connectivity index is 0.977. The van der Waals surface area contributed by atoms with Crippen LogP contribution in [0.4, 0.5) is 0 Å². The standard InChI is InChI=1S/C52H32S2/c1-2-10-34-29-36(22-19-31(34)9-1)50-39-13-5-3-11-37(39)49(38-12-4-6-14-40(38)50)33-20-17-32(18-21-33)35-23-24-44-48(30-35)54-47-28-26-41-42(52(44)47)25-27-46-51(41)43-15-7-8-16-45(43)53-46/h1-6,8-14,16-30H,7,15H2. The Morgan fingerprint density at radius 1 is 0.370 bits per heavy atom. The summed E-state index contributed by atoms with van der Waals surface area (Å²) in [6.07, 6.45) is 6.92. The Morgan fingerprint density at radius 2 is 0.944 bits per heavy atom. The quantitative estimate of drug-likeness (QED) is 0.159. The fourth-order valence-corrected chi connectivity index (χ4v) is 11.6. The van der Waals surface area contributed by atoms with Crippen LogP contribution in [0, 0.1) is 0 Å². The number of rotatable bonds is 3. The molecule has 0 fully saturated rings. The number of hydrogen-bond acceptors (Lipinski definition) is 2. The molecule has 2 heterocycles. The fourth-order valence-electron chi connectivity index (χ4n) is 9.26. The third kappa shape index (κ3) is 4.48. The van der Waals surface area contributed by atoms with Crippen molar-refractivity contribution < 1.29 is 0 Å². The predicted octanol–water partition coefficient (Wildman–Crippen LogP) is 15.8. The molecule has 2 aromatic heterocycles. The number of benzene rings is 9. The molecule has 1 aliphatic rings. The van der Waals surface area contributed by atoms with Crippen LogP contribution >= 0.6 is 22.7 Å². The van der Waals surface area contributed by atoms with Gasteiger partial charge in [0.2, 0.25) is 0 Å². The second kappa shape index (κ2) is 11.7. The van der Waals surface area contributed by atoms with Crippen molar-refractivity contribution in [2.45, 2.75) is 12.8 Å². The highest BCUT2D eigenvalue weighted by Gasteiger charge is 2.19. The minimum Gasteiger partial charge on any atom is -0.136 e. The Bertz CT molecular complexity index is 3310. The van der Waals surface area contributed by atoms with Gasteiger partial charge in [-0.2, -0.15) is 0 Å². The molecule has 0 atom stereocenters. The number of aryl methyl sites for hydroxylation is 1. The lowest BCUT2D eigenvalue weighted by atomic mass is 9.85. The molecule has 0 radical (unpaired) electrons. The molecular weight excluding hydrogens is 689 g/mol. The molecule has 2 heteroatoms. The third-order valence-corrected chi connectivity index (χ3v) is 14.0. The van der Waals surface area contributed by atoms with Gasteiger partial charge in [-0.1, -0.05) is 140 Å². The van der Waals surface area contributed by atoms with Gasteiger partial charge in [0, 0.05) is 35.1 Å². The summed E-state index contributed by atoms with van der Waals surface area (Å²) in [6.45, 7) is 0. The molecule has 1 aliphatic carbocycles. The number of hydrogen-bond donors (Lipinski definition) is 0. The molecule has 0 saturated carbocycles. The summed E-state index contributed by atoms with van der Waals surface area (Å²) in [5, 5.41) is 14.7. The highest BCUT2D eigenvalue weighted by atomic mass is 32.1. The van der Waals surface area contributed by atoms with Gasteiger partial charge in [-0.15, -0.1) is 22.7 Å². The minimum atomic E-state index is 1.13. The molecule has 0 saturated heterocycles. The zero-order chi connectivity index (χ0) is 35.3. The third-order valence-electron chi connectivity index (χ3n) is 11.7. The highest BCUT2D eigenvalue weighted by molar-refractivity contribution is 7.26. The van der Waals surface area contributed by atoms with E-state index < -0.39 is 0 Å². The molecule has 0 N–H and O–H groups in total. The van der Waals surface area contributed by atoms with Gasteiger partial charge in [0.15, 0.2) is 0 Å². The summed E-state index contributed by atoms with van der Waals surface area (Å²) in [5.74, 6) is 0. The lowest BCUT2D eigenvalue weighted by Crippen LogP contribution is -1.91. The average Bonchev–Trinajstić information content (AvgIpc) is 3.81. The van der Waals surface area contributed by atoms with Crippen LogP contribution in [0.3, 0.4) is 0 Å². The maximum absolute atomic E-state index is 2.40. The minimum absolute atomic E-state index is 1.13. The van der Waals surface area contributed by atoms with E-state index in [1.807, 2.05) is 22.7 Å². The summed E-state index contributed by atoms with van der Waals surface area (Å²) < 4.78 is 4.11. The van der Waals surface area contributed by atoms with E-state index in [1.165, 1.54) is 117 Å². The van der Waals surface area contributed by atoms with Crippen LogP contribution in [0.15, 0.2) is 164 Å². The molecular formula is C52H32S2. The van der Waals surface area contributed by atoms with Crippen molar-refractivity contribution in [1.82, 2.24) is 0 Å². The van der Waals surface area contributed by atoms with Gasteiger partial charge in [-0.3, -0.25) is 0 Å². The van der Waals surface area contributed by atoms with E-state index in [4.69, 9.17) is 0 Å². The van der Waals surface area contributed by atoms with E-state index >= 15 is 0 Å². The van der Waals surface area contributed by atoms with E-state index in [0.29, 0.717) is 0 Å². The van der Waals surface area contributed by atoms with Gasteiger partial charge in [0.25, 0.3) is 0 Å². The van der Waals surface area contributed by atoms with Crippen LogP contribution in [0.2, 0.25) is 0 Å². The summed E-state index contributed by atoms with van der Waals surface area (Å²) >= 11 is 3.86. The van der Waals surface area contributed by atoms with Crippen LogP contribution in [0.1, 0.15) is 16.9 Å². The van der Waals surface area contributed by atoms with E-state index in [1.54, 1.807) is 0 Å². The number of allylic oxidation sites excluding steroid dienone is 1. The van der Waals surface area contributed by atoms with E-state index in [-0.39, 0.29) is 0 Å². The Kier molecular flexibility index (Phi) is 6.60. The average molecular weight is 721 g/mol. The molecule has 0 spiro atoms. The fraction of sp³-hybridized carbons (Fsp3) is 0.0385. The van der Waals surface area contributed by atoms with Crippen LogP contribution in [-0.2, 0) is 6.42 Å². The zero-order valence-electron chi connectivity index (χ0n) is 29.4. The molecule has 11 aromatic rings. The SMILES string of the molecule is C1=Cc2sc3ccc4c(ccc5sc6cc(-c7ccc(-c8c9ccccc9c(-c9ccc%10ccccc%10c9)c9ccccc89)cc7)ccc6c54)c3c2CC1. The lowest BCUT2D eigenvalue weighted by molar-refractivity contribution is 1.01. The van der Waals surface area contributed by atoms with Crippen molar-refractivity contribution in [3.05, 3.63) is 174 Å². The summed E-state index contributed by atoms with van der Waals surface area (Å²) in [4.78, 5) is 1.44. The predicted molar refractivity (Wildman–Crippen MR) is 238 cm³/mol. The smallest absolute Gasteiger partial charge is 0.0361 e. The maximum atomic E-state index is 2.40. The summed E-state index contributed by atoms with van der Waals surface area (Å²) in [6, 6.07) is 59.2. The summed E-state index contributed by atoms with van der Waals surface area (Å²) in [5.41, 5.74) is 9.12. The lowest BCUT2D eigenvalue weighted by Gasteiger charge is -2.18. The first kappa shape index (κ1) is 30.4. The normalized spacial score (nSPS) is 13.0. The van der Waals surface area contributed by atoms with Gasteiger partial charge in [-0.25, -0.2) is 0 Å². The van der Waals surface area contributed by atoms with Crippen LogP contribution in [0.25, 0.3) is 113 Å². The van der Waals surface area contributed by atoms with E-state index in [0.717, 1.165) is 12.8 Å².